The van der Waals surface area contributed by atoms with Crippen molar-refractivity contribution in [2.24, 2.45) is 0 Å². The molecule has 0 radical (unpaired) electrons. The van der Waals surface area contributed by atoms with Crippen molar-refractivity contribution in [3.05, 3.63) is 85.0 Å². The molecule has 0 aliphatic carbocycles. The normalized spacial score (nSPS) is 10.4. The molecule has 3 aromatic heterocycles. The van der Waals surface area contributed by atoms with Crippen molar-refractivity contribution in [2.75, 3.05) is 16.0 Å². The molecule has 1 aromatic carbocycles. The Morgan fingerprint density at radius 2 is 1.38 bits per heavy atom. The fraction of sp³-hybridized carbons (Fsp3) is 0.0500. The maximum Gasteiger partial charge on any atom is 0.150 e. The Labute approximate surface area is 166 Å². The summed E-state index contributed by atoms with van der Waals surface area (Å²) in [6.07, 6.45) is 9.64. The number of hydrogen-bond donors (Lipinski definition) is 3. The van der Waals surface area contributed by atoms with Crippen LogP contribution in [-0.4, -0.2) is 24.9 Å². The fourth-order valence-corrected chi connectivity index (χ4v) is 2.56. The van der Waals surface area contributed by atoms with E-state index in [4.69, 9.17) is 0 Å². The van der Waals surface area contributed by atoms with Gasteiger partial charge < -0.3 is 16.0 Å². The van der Waals surface area contributed by atoms with Gasteiger partial charge in [-0.15, -0.1) is 0 Å². The lowest BCUT2D eigenvalue weighted by Crippen LogP contribution is -2.05. The van der Waals surface area contributed by atoms with Crippen LogP contribution in [0.5, 0.6) is 0 Å². The second-order valence-corrected chi connectivity index (χ2v) is 6.04. The zero-order chi connectivity index (χ0) is 19.9. The van der Waals surface area contributed by atoms with E-state index in [0.29, 0.717) is 29.8 Å². The first-order chi connectivity index (χ1) is 14.2. The van der Waals surface area contributed by atoms with Gasteiger partial charge in [-0.3, -0.25) is 9.97 Å². The number of anilines is 5. The molecule has 0 unspecified atom stereocenters. The van der Waals surface area contributed by atoms with Crippen molar-refractivity contribution in [3.8, 4) is 0 Å². The second kappa shape index (κ2) is 8.70. The third-order valence-corrected chi connectivity index (χ3v) is 3.87. The lowest BCUT2D eigenvalue weighted by Gasteiger charge is -2.13. The van der Waals surface area contributed by atoms with Crippen LogP contribution in [0.25, 0.3) is 0 Å². The maximum absolute atomic E-state index is 13.1. The highest BCUT2D eigenvalue weighted by molar-refractivity contribution is 5.67. The highest BCUT2D eigenvalue weighted by Gasteiger charge is 2.06. The van der Waals surface area contributed by atoms with E-state index in [1.165, 1.54) is 12.1 Å². The zero-order valence-electron chi connectivity index (χ0n) is 15.2. The lowest BCUT2D eigenvalue weighted by atomic mass is 10.2. The molecule has 4 aromatic rings. The summed E-state index contributed by atoms with van der Waals surface area (Å²) < 4.78 is 13.1. The molecule has 0 aliphatic heterocycles. The van der Waals surface area contributed by atoms with Crippen LogP contribution < -0.4 is 16.0 Å². The smallest absolute Gasteiger partial charge is 0.150 e. The number of rotatable bonds is 7. The minimum Gasteiger partial charge on any atom is -0.366 e. The van der Waals surface area contributed by atoms with Gasteiger partial charge in [0.15, 0.2) is 0 Å². The van der Waals surface area contributed by atoms with Gasteiger partial charge in [-0.05, 0) is 17.7 Å². The minimum atomic E-state index is -0.266. The van der Waals surface area contributed by atoms with Gasteiger partial charge in [-0.1, -0.05) is 12.1 Å². The van der Waals surface area contributed by atoms with Gasteiger partial charge in [-0.2, -0.15) is 0 Å². The van der Waals surface area contributed by atoms with Crippen LogP contribution in [-0.2, 0) is 6.54 Å². The molecule has 3 heterocycles. The molecule has 144 valence electrons. The molecular weight excluding hydrogens is 371 g/mol. The van der Waals surface area contributed by atoms with Crippen molar-refractivity contribution in [2.45, 2.75) is 6.54 Å². The van der Waals surface area contributed by atoms with E-state index in [2.05, 4.69) is 40.9 Å². The molecule has 0 spiro atoms. The Bertz CT molecular complexity index is 999. The summed E-state index contributed by atoms with van der Waals surface area (Å²) in [5.74, 6) is 2.10. The topological polar surface area (TPSA) is 101 Å². The third kappa shape index (κ3) is 5.19. The van der Waals surface area contributed by atoms with Crippen molar-refractivity contribution in [1.82, 2.24) is 24.9 Å². The summed E-state index contributed by atoms with van der Waals surface area (Å²) in [7, 11) is 0. The molecule has 0 saturated carbocycles. The summed E-state index contributed by atoms with van der Waals surface area (Å²) in [6.45, 7) is 0.493. The monoisotopic (exact) mass is 388 g/mol. The van der Waals surface area contributed by atoms with E-state index in [-0.39, 0.29) is 5.82 Å². The number of hydrogen-bond acceptors (Lipinski definition) is 8. The van der Waals surface area contributed by atoms with Gasteiger partial charge in [0, 0.05) is 49.2 Å². The maximum atomic E-state index is 13.1. The Kier molecular flexibility index (Phi) is 5.47. The van der Waals surface area contributed by atoms with Gasteiger partial charge in [0.25, 0.3) is 0 Å². The molecule has 0 bridgehead atoms. The highest BCUT2D eigenvalue weighted by atomic mass is 19.1. The molecule has 8 nitrogen and oxygen atoms in total. The average Bonchev–Trinajstić information content (AvgIpc) is 2.75. The summed E-state index contributed by atoms with van der Waals surface area (Å²) in [4.78, 5) is 21.1. The van der Waals surface area contributed by atoms with E-state index < -0.39 is 0 Å². The second-order valence-electron chi connectivity index (χ2n) is 6.04. The van der Waals surface area contributed by atoms with Gasteiger partial charge >= 0.3 is 0 Å². The molecule has 0 fully saturated rings. The van der Waals surface area contributed by atoms with Crippen molar-refractivity contribution in [3.63, 3.8) is 0 Å². The van der Waals surface area contributed by atoms with Crippen LogP contribution in [0.4, 0.5) is 33.3 Å². The van der Waals surface area contributed by atoms with Gasteiger partial charge in [0.1, 0.15) is 29.1 Å². The predicted octanol–water partition coefficient (Wildman–Crippen LogP) is 3.90. The summed E-state index contributed by atoms with van der Waals surface area (Å²) in [5, 5.41) is 9.57. The first-order valence-electron chi connectivity index (χ1n) is 8.81. The Hall–Kier alpha value is -4.14. The molecule has 3 N–H and O–H groups in total. The van der Waals surface area contributed by atoms with E-state index in [0.717, 1.165) is 11.3 Å². The zero-order valence-corrected chi connectivity index (χ0v) is 15.2. The van der Waals surface area contributed by atoms with E-state index in [1.54, 1.807) is 49.3 Å². The van der Waals surface area contributed by atoms with Crippen molar-refractivity contribution < 1.29 is 4.39 Å². The Morgan fingerprint density at radius 1 is 0.724 bits per heavy atom. The van der Waals surface area contributed by atoms with Crippen LogP contribution in [0, 0.1) is 5.82 Å². The number of nitrogens with one attached hydrogen (secondary N) is 3. The SMILES string of the molecule is Fc1ccc(CNc2cc(Nc3cnccn3)cc(Nc3cnccn3)n2)cc1. The molecule has 0 atom stereocenters. The summed E-state index contributed by atoms with van der Waals surface area (Å²) >= 11 is 0. The summed E-state index contributed by atoms with van der Waals surface area (Å²) in [5.41, 5.74) is 1.69. The first-order valence-corrected chi connectivity index (χ1v) is 8.81. The van der Waals surface area contributed by atoms with Crippen LogP contribution in [0.3, 0.4) is 0 Å². The molecular formula is C20H17FN8. The van der Waals surface area contributed by atoms with E-state index in [1.807, 2.05) is 12.1 Å². The van der Waals surface area contributed by atoms with Gasteiger partial charge in [-0.25, -0.2) is 19.3 Å². The number of nitrogens with zero attached hydrogens (tertiary/aromatic N) is 5. The van der Waals surface area contributed by atoms with Crippen LogP contribution >= 0.6 is 0 Å². The quantitative estimate of drug-likeness (QED) is 0.438. The number of pyridine rings is 1. The van der Waals surface area contributed by atoms with E-state index >= 15 is 0 Å². The average molecular weight is 388 g/mol. The number of aromatic nitrogens is 5. The van der Waals surface area contributed by atoms with Crippen LogP contribution in [0.2, 0.25) is 0 Å². The minimum absolute atomic E-state index is 0.266. The third-order valence-electron chi connectivity index (χ3n) is 3.87. The highest BCUT2D eigenvalue weighted by Crippen LogP contribution is 2.23. The number of benzene rings is 1. The number of halogens is 1. The van der Waals surface area contributed by atoms with Crippen molar-refractivity contribution in [1.29, 1.82) is 0 Å². The lowest BCUT2D eigenvalue weighted by molar-refractivity contribution is 0.627. The van der Waals surface area contributed by atoms with Crippen LogP contribution in [0.15, 0.2) is 73.6 Å². The fourth-order valence-electron chi connectivity index (χ4n) is 2.56. The summed E-state index contributed by atoms with van der Waals surface area (Å²) in [6, 6.07) is 9.98. The van der Waals surface area contributed by atoms with Crippen molar-refractivity contribution >= 4 is 29.0 Å². The largest absolute Gasteiger partial charge is 0.366 e. The molecule has 0 saturated heterocycles. The predicted molar refractivity (Wildman–Crippen MR) is 109 cm³/mol. The molecule has 4 rings (SSSR count). The standard InChI is InChI=1S/C20H17FN8/c21-15-3-1-14(2-4-15)11-26-17-9-16(27-19-12-22-5-7-24-19)10-18(28-17)29-20-13-23-6-8-25-20/h1-10,12-13H,11H2,(H3,24,25,26,27,28,29). The molecule has 0 aliphatic rings. The first kappa shape index (κ1) is 18.2. The Balaban J connectivity index is 1.57. The van der Waals surface area contributed by atoms with E-state index in [9.17, 15) is 4.39 Å². The van der Waals surface area contributed by atoms with Gasteiger partial charge in [0.05, 0.1) is 12.4 Å². The molecule has 9 heteroatoms. The molecule has 29 heavy (non-hydrogen) atoms. The Morgan fingerprint density at radius 3 is 2.03 bits per heavy atom. The van der Waals surface area contributed by atoms with Gasteiger partial charge in [0.2, 0.25) is 0 Å². The van der Waals surface area contributed by atoms with Crippen LogP contribution in [0.1, 0.15) is 5.56 Å². The molecule has 0 amide bonds.